The minimum atomic E-state index is 0.101. The molecule has 1 aliphatic rings. The molecule has 1 unspecified atom stereocenters. The molecule has 1 rings (SSSR count). The first kappa shape index (κ1) is 11.3. The largest absolute Gasteiger partial charge is 0.337 e. The molecule has 0 aromatic carbocycles. The van der Waals surface area contributed by atoms with Crippen LogP contribution in [0.5, 0.6) is 0 Å². The van der Waals surface area contributed by atoms with Gasteiger partial charge in [0, 0.05) is 19.6 Å². The van der Waals surface area contributed by atoms with E-state index in [0.29, 0.717) is 5.92 Å². The highest BCUT2D eigenvalue weighted by atomic mass is 16.2. The number of hydrogen-bond acceptors (Lipinski definition) is 1. The van der Waals surface area contributed by atoms with Crippen LogP contribution in [-0.2, 0) is 0 Å². The second kappa shape index (κ2) is 4.20. The molecule has 0 bridgehead atoms. The summed E-state index contributed by atoms with van der Waals surface area (Å²) < 4.78 is 0. The zero-order valence-electron chi connectivity index (χ0n) is 9.76. The van der Waals surface area contributed by atoms with E-state index in [1.165, 1.54) is 0 Å². The highest BCUT2D eigenvalue weighted by Gasteiger charge is 2.23. The number of carbonyl (C=O) groups is 1. The van der Waals surface area contributed by atoms with E-state index in [1.807, 2.05) is 4.90 Å². The quantitative estimate of drug-likeness (QED) is 0.687. The fourth-order valence-corrected chi connectivity index (χ4v) is 1.57. The number of carbonyl (C=O) groups excluding carboxylic acids is 1. The normalized spacial score (nSPS) is 22.6. The van der Waals surface area contributed by atoms with Gasteiger partial charge in [-0.25, -0.2) is 4.79 Å². The van der Waals surface area contributed by atoms with E-state index in [4.69, 9.17) is 0 Å². The Labute approximate surface area is 86.9 Å². The Hall–Kier alpha value is -0.730. The minimum Gasteiger partial charge on any atom is -0.337 e. The molecule has 1 fully saturated rings. The maximum atomic E-state index is 11.7. The van der Waals surface area contributed by atoms with Gasteiger partial charge in [-0.05, 0) is 17.8 Å². The van der Waals surface area contributed by atoms with Gasteiger partial charge in [0.05, 0.1) is 0 Å². The number of amides is 2. The third-order valence-corrected chi connectivity index (χ3v) is 2.48. The average molecular weight is 198 g/mol. The summed E-state index contributed by atoms with van der Waals surface area (Å²) in [6.07, 6.45) is 1.14. The van der Waals surface area contributed by atoms with Gasteiger partial charge in [0.1, 0.15) is 0 Å². The molecule has 0 radical (unpaired) electrons. The van der Waals surface area contributed by atoms with E-state index >= 15 is 0 Å². The van der Waals surface area contributed by atoms with Crippen molar-refractivity contribution in [1.82, 2.24) is 10.2 Å². The van der Waals surface area contributed by atoms with E-state index in [0.717, 1.165) is 26.1 Å². The summed E-state index contributed by atoms with van der Waals surface area (Å²) in [4.78, 5) is 13.6. The Balaban J connectivity index is 2.29. The molecule has 0 aliphatic carbocycles. The van der Waals surface area contributed by atoms with Crippen molar-refractivity contribution in [2.75, 3.05) is 19.6 Å². The van der Waals surface area contributed by atoms with Gasteiger partial charge in [-0.15, -0.1) is 0 Å². The van der Waals surface area contributed by atoms with Gasteiger partial charge < -0.3 is 10.2 Å². The highest BCUT2D eigenvalue weighted by molar-refractivity contribution is 5.74. The molecule has 0 spiro atoms. The molecule has 3 heteroatoms. The van der Waals surface area contributed by atoms with Crippen molar-refractivity contribution >= 4 is 6.03 Å². The van der Waals surface area contributed by atoms with Crippen LogP contribution in [-0.4, -0.2) is 30.6 Å². The predicted octanol–water partition coefficient (Wildman–Crippen LogP) is 2.08. The van der Waals surface area contributed by atoms with Crippen LogP contribution in [0.1, 0.15) is 34.1 Å². The molecule has 1 heterocycles. The van der Waals surface area contributed by atoms with Gasteiger partial charge in [-0.3, -0.25) is 0 Å². The first-order chi connectivity index (χ1) is 6.38. The Bertz CT molecular complexity index is 208. The maximum Gasteiger partial charge on any atom is 0.317 e. The SMILES string of the molecule is CC1CCN(C(=O)NCC(C)(C)C)C1. The van der Waals surface area contributed by atoms with Crippen LogP contribution in [0.3, 0.4) is 0 Å². The number of nitrogens with one attached hydrogen (secondary N) is 1. The second-order valence-electron chi connectivity index (χ2n) is 5.56. The van der Waals surface area contributed by atoms with Crippen molar-refractivity contribution < 1.29 is 4.79 Å². The number of nitrogens with zero attached hydrogens (tertiary/aromatic N) is 1. The van der Waals surface area contributed by atoms with E-state index < -0.39 is 0 Å². The van der Waals surface area contributed by atoms with Crippen LogP contribution >= 0.6 is 0 Å². The fourth-order valence-electron chi connectivity index (χ4n) is 1.57. The third kappa shape index (κ3) is 3.56. The summed E-state index contributed by atoms with van der Waals surface area (Å²) in [5, 5.41) is 2.97. The standard InChI is InChI=1S/C11H22N2O/c1-9-5-6-13(7-9)10(14)12-8-11(2,3)4/h9H,5-8H2,1-4H3,(H,12,14). The summed E-state index contributed by atoms with van der Waals surface area (Å²) in [6, 6.07) is 0.101. The van der Waals surface area contributed by atoms with Crippen LogP contribution in [0.4, 0.5) is 4.79 Å². The van der Waals surface area contributed by atoms with E-state index in [1.54, 1.807) is 0 Å². The van der Waals surface area contributed by atoms with Crippen molar-refractivity contribution in [2.45, 2.75) is 34.1 Å². The summed E-state index contributed by atoms with van der Waals surface area (Å²) in [5.74, 6) is 0.662. The summed E-state index contributed by atoms with van der Waals surface area (Å²) >= 11 is 0. The van der Waals surface area contributed by atoms with Crippen LogP contribution in [0, 0.1) is 11.3 Å². The smallest absolute Gasteiger partial charge is 0.317 e. The van der Waals surface area contributed by atoms with Gasteiger partial charge >= 0.3 is 6.03 Å². The topological polar surface area (TPSA) is 32.3 Å². The highest BCUT2D eigenvalue weighted by Crippen LogP contribution is 2.15. The van der Waals surface area contributed by atoms with Gasteiger partial charge in [-0.1, -0.05) is 27.7 Å². The lowest BCUT2D eigenvalue weighted by atomic mass is 9.97. The number of likely N-dealkylation sites (tertiary alicyclic amines) is 1. The molecular formula is C11H22N2O. The van der Waals surface area contributed by atoms with Crippen LogP contribution in [0.25, 0.3) is 0 Å². The molecule has 2 amide bonds. The molecule has 0 aromatic heterocycles. The molecule has 0 saturated carbocycles. The lowest BCUT2D eigenvalue weighted by Crippen LogP contribution is -2.41. The minimum absolute atomic E-state index is 0.101. The monoisotopic (exact) mass is 198 g/mol. The van der Waals surface area contributed by atoms with Gasteiger partial charge in [-0.2, -0.15) is 0 Å². The van der Waals surface area contributed by atoms with Crippen molar-refractivity contribution in [3.05, 3.63) is 0 Å². The average Bonchev–Trinajstić information content (AvgIpc) is 2.46. The fraction of sp³-hybridized carbons (Fsp3) is 0.909. The van der Waals surface area contributed by atoms with Gasteiger partial charge in [0.15, 0.2) is 0 Å². The first-order valence-corrected chi connectivity index (χ1v) is 5.41. The summed E-state index contributed by atoms with van der Waals surface area (Å²) in [6.45, 7) is 11.1. The first-order valence-electron chi connectivity index (χ1n) is 5.41. The number of urea groups is 1. The Morgan fingerprint density at radius 3 is 2.57 bits per heavy atom. The Morgan fingerprint density at radius 2 is 2.14 bits per heavy atom. The number of rotatable bonds is 1. The second-order valence-corrected chi connectivity index (χ2v) is 5.56. The predicted molar refractivity (Wildman–Crippen MR) is 58.2 cm³/mol. The molecule has 1 saturated heterocycles. The van der Waals surface area contributed by atoms with Crippen LogP contribution < -0.4 is 5.32 Å². The van der Waals surface area contributed by atoms with E-state index in [9.17, 15) is 4.79 Å². The molecule has 82 valence electrons. The van der Waals surface area contributed by atoms with Crippen molar-refractivity contribution in [1.29, 1.82) is 0 Å². The van der Waals surface area contributed by atoms with Gasteiger partial charge in [0.25, 0.3) is 0 Å². The third-order valence-electron chi connectivity index (χ3n) is 2.48. The molecular weight excluding hydrogens is 176 g/mol. The van der Waals surface area contributed by atoms with E-state index in [2.05, 4.69) is 33.0 Å². The maximum absolute atomic E-state index is 11.7. The Kier molecular flexibility index (Phi) is 3.40. The summed E-state index contributed by atoms with van der Waals surface area (Å²) in [7, 11) is 0. The molecule has 1 aliphatic heterocycles. The molecule has 1 N–H and O–H groups in total. The lowest BCUT2D eigenvalue weighted by molar-refractivity contribution is 0.202. The molecule has 1 atom stereocenters. The van der Waals surface area contributed by atoms with Crippen LogP contribution in [0.15, 0.2) is 0 Å². The van der Waals surface area contributed by atoms with Gasteiger partial charge in [0.2, 0.25) is 0 Å². The zero-order chi connectivity index (χ0) is 10.8. The summed E-state index contributed by atoms with van der Waals surface area (Å²) in [5.41, 5.74) is 0.168. The lowest BCUT2D eigenvalue weighted by Gasteiger charge is -2.22. The zero-order valence-corrected chi connectivity index (χ0v) is 9.76. The van der Waals surface area contributed by atoms with Crippen molar-refractivity contribution in [3.63, 3.8) is 0 Å². The van der Waals surface area contributed by atoms with Crippen molar-refractivity contribution in [2.24, 2.45) is 11.3 Å². The molecule has 0 aromatic rings. The van der Waals surface area contributed by atoms with E-state index in [-0.39, 0.29) is 11.4 Å². The van der Waals surface area contributed by atoms with Crippen molar-refractivity contribution in [3.8, 4) is 0 Å². The Morgan fingerprint density at radius 1 is 1.50 bits per heavy atom. The molecule has 14 heavy (non-hydrogen) atoms. The van der Waals surface area contributed by atoms with Crippen LogP contribution in [0.2, 0.25) is 0 Å². The number of hydrogen-bond donors (Lipinski definition) is 1. The molecule has 3 nitrogen and oxygen atoms in total.